The summed E-state index contributed by atoms with van der Waals surface area (Å²) in [5.41, 5.74) is 0.721. The lowest BCUT2D eigenvalue weighted by molar-refractivity contribution is -0.137. The Morgan fingerprint density at radius 3 is 2.57 bits per heavy atom. The average molecular weight is 474 g/mol. The Hall–Kier alpha value is -5.05. The number of nitrogens with one attached hydrogen (secondary N) is 1. The predicted molar refractivity (Wildman–Crippen MR) is 118 cm³/mol. The van der Waals surface area contributed by atoms with Crippen LogP contribution in [0.5, 0.6) is 0 Å². The highest BCUT2D eigenvalue weighted by Crippen LogP contribution is 2.32. The molecule has 0 unspecified atom stereocenters. The molecule has 9 nitrogen and oxygen atoms in total. The second-order valence-electron chi connectivity index (χ2n) is 7.19. The van der Waals surface area contributed by atoms with Gasteiger partial charge in [-0.25, -0.2) is 9.50 Å². The summed E-state index contributed by atoms with van der Waals surface area (Å²) in [6, 6.07) is 8.08. The fourth-order valence-electron chi connectivity index (χ4n) is 3.20. The van der Waals surface area contributed by atoms with Crippen molar-refractivity contribution in [2.45, 2.75) is 6.18 Å². The number of anilines is 1. The quantitative estimate of drug-likeness (QED) is 0.402. The number of carbonyl (C=O) groups excluding carboxylic acids is 1. The number of hydrogen-bond donors (Lipinski definition) is 1. The van der Waals surface area contributed by atoms with E-state index in [0.717, 1.165) is 16.9 Å². The number of alkyl halides is 3. The summed E-state index contributed by atoms with van der Waals surface area (Å²) in [4.78, 5) is 22.0. The highest BCUT2D eigenvalue weighted by Gasteiger charge is 2.31. The lowest BCUT2D eigenvalue weighted by Gasteiger charge is -2.12. The van der Waals surface area contributed by atoms with E-state index in [4.69, 9.17) is 0 Å². The van der Waals surface area contributed by atoms with Gasteiger partial charge >= 0.3 is 6.18 Å². The van der Waals surface area contributed by atoms with Crippen molar-refractivity contribution >= 4 is 17.2 Å². The maximum absolute atomic E-state index is 13.4. The number of halogens is 3. The topological polar surface area (TPSA) is 103 Å². The molecule has 1 amide bonds. The molecule has 1 N–H and O–H groups in total. The van der Waals surface area contributed by atoms with Gasteiger partial charge in [0.05, 0.1) is 35.4 Å². The van der Waals surface area contributed by atoms with Gasteiger partial charge in [0.25, 0.3) is 5.91 Å². The monoisotopic (exact) mass is 474 g/mol. The molecule has 5 aromatic rings. The first-order valence-corrected chi connectivity index (χ1v) is 10.0. The molecule has 0 atom stereocenters. The Labute approximate surface area is 195 Å². The van der Waals surface area contributed by atoms with Crippen LogP contribution in [0.4, 0.5) is 18.9 Å². The number of benzene rings is 1. The van der Waals surface area contributed by atoms with E-state index in [0.29, 0.717) is 16.9 Å². The van der Waals surface area contributed by atoms with Gasteiger partial charge in [0.2, 0.25) is 0 Å². The van der Waals surface area contributed by atoms with Crippen molar-refractivity contribution in [1.29, 1.82) is 0 Å². The largest absolute Gasteiger partial charge is 0.416 e. The van der Waals surface area contributed by atoms with E-state index in [1.807, 2.05) is 0 Å². The zero-order valence-electron chi connectivity index (χ0n) is 17.6. The molecule has 0 aliphatic carbocycles. The maximum Gasteiger partial charge on any atom is 0.416 e. The lowest BCUT2D eigenvalue weighted by Crippen LogP contribution is -2.15. The SMILES string of the molecule is O=C(Nc1cc(-n2nccn2)cc(C(F)(F)F)c1)c1cncc(C#Cc2cnc3cccnn23)c1. The molecule has 12 heteroatoms. The molecule has 0 spiro atoms. The number of hydrogen-bond acceptors (Lipinski definition) is 6. The Kier molecular flexibility index (Phi) is 5.42. The number of nitrogens with zero attached hydrogens (tertiary/aromatic N) is 7. The van der Waals surface area contributed by atoms with Crippen LogP contribution in [0.1, 0.15) is 27.2 Å². The van der Waals surface area contributed by atoms with Crippen molar-refractivity contribution in [3.8, 4) is 17.5 Å². The van der Waals surface area contributed by atoms with Gasteiger partial charge in [0, 0.05) is 29.8 Å². The maximum atomic E-state index is 13.4. The molecule has 0 radical (unpaired) electrons. The zero-order chi connectivity index (χ0) is 24.4. The molecular formula is C23H13F3N8O. The first kappa shape index (κ1) is 21.8. The first-order valence-electron chi connectivity index (χ1n) is 10.0. The number of pyridine rings is 1. The summed E-state index contributed by atoms with van der Waals surface area (Å²) < 4.78 is 41.8. The van der Waals surface area contributed by atoms with Crippen molar-refractivity contribution in [2.24, 2.45) is 0 Å². The Balaban J connectivity index is 1.41. The summed E-state index contributed by atoms with van der Waals surface area (Å²) in [6.45, 7) is 0. The second kappa shape index (κ2) is 8.71. The fourth-order valence-corrected chi connectivity index (χ4v) is 3.20. The summed E-state index contributed by atoms with van der Waals surface area (Å²) >= 11 is 0. The molecule has 35 heavy (non-hydrogen) atoms. The standard InChI is InChI=1S/C23H13F3N8O/c24-23(25,26)17-9-18(11-20(10-17)34-30-6-7-31-34)32-22(35)16-8-15(12-27-13-16)3-4-19-14-28-21-2-1-5-29-33(19)21/h1-2,5-14H,(H,32,35). The van der Waals surface area contributed by atoms with Crippen LogP contribution >= 0.6 is 0 Å². The van der Waals surface area contributed by atoms with E-state index in [1.165, 1.54) is 36.9 Å². The summed E-state index contributed by atoms with van der Waals surface area (Å²) in [5.74, 6) is 5.16. The first-order chi connectivity index (χ1) is 16.9. The summed E-state index contributed by atoms with van der Waals surface area (Å²) in [7, 11) is 0. The van der Waals surface area contributed by atoms with Crippen molar-refractivity contribution in [2.75, 3.05) is 5.32 Å². The molecular weight excluding hydrogens is 461 g/mol. The predicted octanol–water partition coefficient (Wildman–Crippen LogP) is 3.38. The van der Waals surface area contributed by atoms with Crippen molar-refractivity contribution in [3.63, 3.8) is 0 Å². The minimum absolute atomic E-state index is 0.0412. The molecule has 0 fully saturated rings. The molecule has 0 aliphatic heterocycles. The molecule has 5 rings (SSSR count). The minimum atomic E-state index is -4.63. The summed E-state index contributed by atoms with van der Waals surface area (Å²) in [6.07, 6.45) is 3.96. The number of amides is 1. The molecule has 172 valence electrons. The van der Waals surface area contributed by atoms with E-state index in [2.05, 4.69) is 42.4 Å². The van der Waals surface area contributed by atoms with Crippen molar-refractivity contribution < 1.29 is 18.0 Å². The average Bonchev–Trinajstić information content (AvgIpc) is 3.53. The third-order valence-corrected chi connectivity index (χ3v) is 4.77. The third kappa shape index (κ3) is 4.69. The third-order valence-electron chi connectivity index (χ3n) is 4.77. The van der Waals surface area contributed by atoms with Gasteiger partial charge in [-0.3, -0.25) is 9.78 Å². The molecule has 4 aromatic heterocycles. The van der Waals surface area contributed by atoms with Gasteiger partial charge < -0.3 is 5.32 Å². The van der Waals surface area contributed by atoms with E-state index in [1.54, 1.807) is 29.0 Å². The number of aromatic nitrogens is 7. The number of fused-ring (bicyclic) bond motifs is 1. The van der Waals surface area contributed by atoms with Crippen LogP contribution in [0.25, 0.3) is 11.3 Å². The van der Waals surface area contributed by atoms with E-state index in [9.17, 15) is 18.0 Å². The molecule has 0 bridgehead atoms. The van der Waals surface area contributed by atoms with Gasteiger partial charge in [-0.1, -0.05) is 5.92 Å². The number of imidazole rings is 1. The highest BCUT2D eigenvalue weighted by atomic mass is 19.4. The van der Waals surface area contributed by atoms with E-state index in [-0.39, 0.29) is 16.9 Å². The van der Waals surface area contributed by atoms with Gasteiger partial charge in [0.15, 0.2) is 5.65 Å². The van der Waals surface area contributed by atoms with Crippen molar-refractivity contribution in [3.05, 3.63) is 96.0 Å². The van der Waals surface area contributed by atoms with E-state index >= 15 is 0 Å². The van der Waals surface area contributed by atoms with Crippen LogP contribution in [0.2, 0.25) is 0 Å². The Morgan fingerprint density at radius 2 is 1.77 bits per heavy atom. The molecule has 0 saturated heterocycles. The number of rotatable bonds is 3. The van der Waals surface area contributed by atoms with Gasteiger partial charge in [0.1, 0.15) is 5.69 Å². The summed E-state index contributed by atoms with van der Waals surface area (Å²) in [5, 5.41) is 14.4. The molecule has 0 aliphatic rings. The van der Waals surface area contributed by atoms with Crippen LogP contribution in [0.3, 0.4) is 0 Å². The van der Waals surface area contributed by atoms with Gasteiger partial charge in [-0.2, -0.15) is 33.3 Å². The number of carbonyl (C=O) groups is 1. The van der Waals surface area contributed by atoms with Crippen LogP contribution < -0.4 is 5.32 Å². The smallest absolute Gasteiger partial charge is 0.322 e. The Morgan fingerprint density at radius 1 is 0.943 bits per heavy atom. The van der Waals surface area contributed by atoms with E-state index < -0.39 is 17.6 Å². The van der Waals surface area contributed by atoms with Gasteiger partial charge in [-0.15, -0.1) is 0 Å². The molecule has 1 aromatic carbocycles. The second-order valence-corrected chi connectivity index (χ2v) is 7.19. The molecule has 0 saturated carbocycles. The fraction of sp³-hybridized carbons (Fsp3) is 0.0435. The Bertz CT molecular complexity index is 1600. The van der Waals surface area contributed by atoms with Crippen LogP contribution in [-0.2, 0) is 6.18 Å². The van der Waals surface area contributed by atoms with Crippen LogP contribution in [0.15, 0.2) is 73.6 Å². The molecule has 4 heterocycles. The highest BCUT2D eigenvalue weighted by molar-refractivity contribution is 6.04. The van der Waals surface area contributed by atoms with Gasteiger partial charge in [-0.05, 0) is 42.3 Å². The zero-order valence-corrected chi connectivity index (χ0v) is 17.6. The normalized spacial score (nSPS) is 11.2. The lowest BCUT2D eigenvalue weighted by atomic mass is 10.1. The van der Waals surface area contributed by atoms with Crippen LogP contribution in [0, 0.1) is 11.8 Å². The van der Waals surface area contributed by atoms with Crippen LogP contribution in [-0.4, -0.2) is 40.5 Å². The van der Waals surface area contributed by atoms with Crippen molar-refractivity contribution in [1.82, 2.24) is 34.6 Å². The minimum Gasteiger partial charge on any atom is -0.322 e.